The molecule has 61 heavy (non-hydrogen) atoms. The number of carbonyl (C=O) groups is 3. The second-order valence-corrected chi connectivity index (χ2v) is 16.0. The largest absolute Gasteiger partial charge is 0.491 e. The van der Waals surface area contributed by atoms with Crippen molar-refractivity contribution in [3.05, 3.63) is 178 Å². The number of hydrogen-bond acceptors (Lipinski definition) is 8. The van der Waals surface area contributed by atoms with E-state index in [1.54, 1.807) is 30.3 Å². The number of esters is 1. The summed E-state index contributed by atoms with van der Waals surface area (Å²) in [6, 6.07) is 38.0. The number of nitrogens with one attached hydrogen (secondary N) is 2. The van der Waals surface area contributed by atoms with Crippen LogP contribution in [0.3, 0.4) is 0 Å². The lowest BCUT2D eigenvalue weighted by Gasteiger charge is -2.46. The van der Waals surface area contributed by atoms with Crippen molar-refractivity contribution < 1.29 is 34.1 Å². The van der Waals surface area contributed by atoms with Crippen LogP contribution in [0, 0.1) is 17.8 Å². The van der Waals surface area contributed by atoms with E-state index in [0.29, 0.717) is 33.7 Å². The standard InChI is InChI=1S/C51H47N3O7/c55-29-30-60-42-24-14-13-23-38(42)47-51(39-31-34(27-28-40(39)53-50(51)59)26-25-33-15-5-1-6-16-33)43(48(57)52-32-41(56)35-17-7-2-8-18-35)45-49(58)61-46(37-21-11-4-12-22-37)44(54(45)47)36-19-9-3-10-20-36/h2-4,7-15,17-24,27-28,31,41,43-47,55-56H,1,5-6,16,29-30,32H2,(H,52,57)(H,53,59)/t41-,43+,44+,45+,46-,47-,51+/m0/s1. The van der Waals surface area contributed by atoms with E-state index in [1.807, 2.05) is 108 Å². The molecule has 10 nitrogen and oxygen atoms in total. The molecule has 7 atom stereocenters. The number of para-hydroxylation sites is 1. The lowest BCUT2D eigenvalue weighted by atomic mass is 9.65. The van der Waals surface area contributed by atoms with Gasteiger partial charge in [-0.3, -0.25) is 19.3 Å². The monoisotopic (exact) mass is 813 g/mol. The van der Waals surface area contributed by atoms with Gasteiger partial charge in [-0.05, 0) is 77.8 Å². The second kappa shape index (κ2) is 17.2. The van der Waals surface area contributed by atoms with Gasteiger partial charge in [0.05, 0.1) is 30.7 Å². The number of anilines is 1. The van der Waals surface area contributed by atoms with Crippen LogP contribution >= 0.6 is 0 Å². The molecule has 0 unspecified atom stereocenters. The zero-order valence-electron chi connectivity index (χ0n) is 33.6. The Hall–Kier alpha value is -6.51. The van der Waals surface area contributed by atoms with Crippen molar-refractivity contribution in [3.8, 4) is 17.6 Å². The first-order chi connectivity index (χ1) is 29.9. The van der Waals surface area contributed by atoms with Crippen LogP contribution in [0.4, 0.5) is 5.69 Å². The summed E-state index contributed by atoms with van der Waals surface area (Å²) in [6.07, 6.45) is 4.34. The summed E-state index contributed by atoms with van der Waals surface area (Å²) in [5.41, 5.74) is 3.65. The summed E-state index contributed by atoms with van der Waals surface area (Å²) < 4.78 is 12.8. The van der Waals surface area contributed by atoms with E-state index in [1.165, 1.54) is 0 Å². The Balaban J connectivity index is 1.30. The van der Waals surface area contributed by atoms with Crippen LogP contribution < -0.4 is 15.4 Å². The van der Waals surface area contributed by atoms with E-state index < -0.39 is 59.5 Å². The predicted molar refractivity (Wildman–Crippen MR) is 230 cm³/mol. The number of ether oxygens (including phenoxy) is 2. The molecule has 308 valence electrons. The fourth-order valence-electron chi connectivity index (χ4n) is 9.84. The number of allylic oxidation sites excluding steroid dienone is 2. The van der Waals surface area contributed by atoms with Gasteiger partial charge in [-0.1, -0.05) is 127 Å². The molecule has 3 heterocycles. The van der Waals surface area contributed by atoms with E-state index in [9.17, 15) is 10.2 Å². The molecule has 10 heteroatoms. The molecule has 1 spiro atoms. The van der Waals surface area contributed by atoms with Crippen LogP contribution in [0.2, 0.25) is 0 Å². The first-order valence-corrected chi connectivity index (χ1v) is 21.0. The molecule has 4 N–H and O–H groups in total. The number of cyclic esters (lactones) is 1. The number of fused-ring (bicyclic) bond motifs is 3. The van der Waals surface area contributed by atoms with Crippen molar-refractivity contribution in [2.45, 2.75) is 61.4 Å². The van der Waals surface area contributed by atoms with Gasteiger partial charge in [0, 0.05) is 23.4 Å². The van der Waals surface area contributed by atoms with Crippen molar-refractivity contribution in [1.29, 1.82) is 0 Å². The van der Waals surface area contributed by atoms with Gasteiger partial charge < -0.3 is 30.3 Å². The highest BCUT2D eigenvalue weighted by atomic mass is 16.6. The van der Waals surface area contributed by atoms with Gasteiger partial charge in [0.1, 0.15) is 29.9 Å². The molecule has 5 aromatic carbocycles. The number of aliphatic hydroxyl groups is 2. The van der Waals surface area contributed by atoms with Gasteiger partial charge in [-0.15, -0.1) is 0 Å². The highest BCUT2D eigenvalue weighted by molar-refractivity contribution is 6.12. The summed E-state index contributed by atoms with van der Waals surface area (Å²) in [7, 11) is 0. The van der Waals surface area contributed by atoms with Crippen molar-refractivity contribution in [2.24, 2.45) is 5.92 Å². The molecule has 9 rings (SSSR count). The number of aliphatic hydroxyl groups excluding tert-OH is 2. The smallest absolute Gasteiger partial charge is 0.324 e. The van der Waals surface area contributed by atoms with Crippen LogP contribution in [0.15, 0.2) is 145 Å². The van der Waals surface area contributed by atoms with Crippen LogP contribution in [-0.4, -0.2) is 58.7 Å². The molecule has 0 radical (unpaired) electrons. The minimum absolute atomic E-state index is 0.0311. The number of morpholine rings is 1. The summed E-state index contributed by atoms with van der Waals surface area (Å²) in [5, 5.41) is 27.4. The van der Waals surface area contributed by atoms with Crippen LogP contribution in [0.1, 0.15) is 83.4 Å². The maximum atomic E-state index is 15.6. The highest BCUT2D eigenvalue weighted by Crippen LogP contribution is 2.65. The van der Waals surface area contributed by atoms with Crippen molar-refractivity contribution in [3.63, 3.8) is 0 Å². The maximum Gasteiger partial charge on any atom is 0.324 e. The number of rotatable bonds is 10. The van der Waals surface area contributed by atoms with Gasteiger partial charge in [-0.25, -0.2) is 0 Å². The van der Waals surface area contributed by atoms with E-state index in [-0.39, 0.29) is 19.8 Å². The van der Waals surface area contributed by atoms with Crippen molar-refractivity contribution >= 4 is 23.5 Å². The molecular weight excluding hydrogens is 767 g/mol. The number of benzene rings is 5. The van der Waals surface area contributed by atoms with Gasteiger partial charge in [0.2, 0.25) is 11.8 Å². The Bertz CT molecular complexity index is 2520. The summed E-state index contributed by atoms with van der Waals surface area (Å²) >= 11 is 0. The fraction of sp³-hybridized carbons (Fsp3) is 0.275. The third-order valence-electron chi connectivity index (χ3n) is 12.5. The Morgan fingerprint density at radius 3 is 2.30 bits per heavy atom. The summed E-state index contributed by atoms with van der Waals surface area (Å²) in [5.74, 6) is 3.97. The Morgan fingerprint density at radius 1 is 0.869 bits per heavy atom. The van der Waals surface area contributed by atoms with Gasteiger partial charge in [0.15, 0.2) is 0 Å². The molecule has 4 aliphatic rings. The van der Waals surface area contributed by atoms with Gasteiger partial charge in [-0.2, -0.15) is 0 Å². The summed E-state index contributed by atoms with van der Waals surface area (Å²) in [4.78, 5) is 48.1. The van der Waals surface area contributed by atoms with Crippen LogP contribution in [0.5, 0.6) is 5.75 Å². The predicted octanol–water partition coefficient (Wildman–Crippen LogP) is 7.03. The zero-order valence-corrected chi connectivity index (χ0v) is 33.6. The lowest BCUT2D eigenvalue weighted by molar-refractivity contribution is -0.178. The number of hydrogen-bond donors (Lipinski definition) is 4. The topological polar surface area (TPSA) is 137 Å². The Morgan fingerprint density at radius 2 is 1.57 bits per heavy atom. The van der Waals surface area contributed by atoms with E-state index in [4.69, 9.17) is 9.47 Å². The molecule has 5 aromatic rings. The Kier molecular flexibility index (Phi) is 11.3. The molecule has 0 aromatic heterocycles. The van der Waals surface area contributed by atoms with Crippen LogP contribution in [-0.2, 0) is 24.5 Å². The lowest BCUT2D eigenvalue weighted by Crippen LogP contribution is -2.55. The number of nitrogens with zero attached hydrogens (tertiary/aromatic N) is 1. The average molecular weight is 814 g/mol. The third-order valence-corrected chi connectivity index (χ3v) is 12.5. The molecule has 2 fully saturated rings. The third kappa shape index (κ3) is 7.29. The van der Waals surface area contributed by atoms with E-state index >= 15 is 14.4 Å². The number of amides is 2. The fourth-order valence-corrected chi connectivity index (χ4v) is 9.84. The molecule has 0 bridgehead atoms. The summed E-state index contributed by atoms with van der Waals surface area (Å²) in [6.45, 7) is -0.472. The number of carbonyl (C=O) groups excluding carboxylic acids is 3. The first-order valence-electron chi connectivity index (χ1n) is 21.0. The molecule has 3 aliphatic heterocycles. The van der Waals surface area contributed by atoms with E-state index in [2.05, 4.69) is 28.6 Å². The average Bonchev–Trinajstić information content (AvgIpc) is 3.79. The van der Waals surface area contributed by atoms with Gasteiger partial charge >= 0.3 is 5.97 Å². The highest BCUT2D eigenvalue weighted by Gasteiger charge is 2.74. The molecule has 2 amide bonds. The van der Waals surface area contributed by atoms with Crippen molar-refractivity contribution in [2.75, 3.05) is 25.1 Å². The van der Waals surface area contributed by atoms with E-state index in [0.717, 1.165) is 42.4 Å². The molecule has 0 saturated carbocycles. The molecule has 1 aliphatic carbocycles. The quantitative estimate of drug-likeness (QED) is 0.0872. The second-order valence-electron chi connectivity index (χ2n) is 16.0. The van der Waals surface area contributed by atoms with Crippen molar-refractivity contribution in [1.82, 2.24) is 10.2 Å². The Labute approximate surface area is 355 Å². The zero-order chi connectivity index (χ0) is 41.9. The normalized spacial score (nSPS) is 24.6. The molecular formula is C51H47N3O7. The van der Waals surface area contributed by atoms with Gasteiger partial charge in [0.25, 0.3) is 0 Å². The molecule has 2 saturated heterocycles. The minimum Gasteiger partial charge on any atom is -0.491 e. The maximum absolute atomic E-state index is 15.6. The minimum atomic E-state index is -1.78. The van der Waals surface area contributed by atoms with Crippen LogP contribution in [0.25, 0.3) is 0 Å². The SMILES string of the molecule is O=C1O[C@@H](c2ccccc2)[C@@H](c2ccccc2)N2[C@@H](c3ccccc3OCCO)[C@]3(C(=O)Nc4ccc(C#CC5=CCCCC5)cc43)[C@@H](C(=O)NC[C@H](O)c3ccccc3)[C@H]12. The first kappa shape index (κ1) is 39.9.